The summed E-state index contributed by atoms with van der Waals surface area (Å²) in [6.07, 6.45) is 5.15. The van der Waals surface area contributed by atoms with Gasteiger partial charge in [-0.05, 0) is 18.6 Å². The minimum absolute atomic E-state index is 0.203. The van der Waals surface area contributed by atoms with Crippen molar-refractivity contribution in [1.82, 2.24) is 29.9 Å². The molecule has 0 saturated carbocycles. The largest absolute Gasteiger partial charge is 0.332 e. The second-order valence-electron chi connectivity index (χ2n) is 7.15. The van der Waals surface area contributed by atoms with E-state index in [2.05, 4.69) is 20.3 Å². The highest BCUT2D eigenvalue weighted by Gasteiger charge is 2.29. The molecule has 7 nitrogen and oxygen atoms in total. The minimum Gasteiger partial charge on any atom is -0.332 e. The number of aromatic amines is 1. The second kappa shape index (κ2) is 6.68. The van der Waals surface area contributed by atoms with Crippen molar-refractivity contribution in [2.24, 2.45) is 7.05 Å². The van der Waals surface area contributed by atoms with Gasteiger partial charge in [-0.15, -0.1) is 0 Å². The summed E-state index contributed by atoms with van der Waals surface area (Å²) in [6, 6.07) is 1.91. The van der Waals surface area contributed by atoms with Crippen LogP contribution in [0.4, 0.5) is 13.2 Å². The highest BCUT2D eigenvalue weighted by molar-refractivity contribution is 6.04. The third-order valence-corrected chi connectivity index (χ3v) is 5.33. The lowest BCUT2D eigenvalue weighted by Crippen LogP contribution is -2.36. The average molecular weight is 412 g/mol. The van der Waals surface area contributed by atoms with Gasteiger partial charge in [-0.25, -0.2) is 13.2 Å². The minimum atomic E-state index is -1.51. The van der Waals surface area contributed by atoms with Crippen LogP contribution in [-0.4, -0.2) is 42.3 Å². The Morgan fingerprint density at radius 3 is 2.67 bits per heavy atom. The van der Waals surface area contributed by atoms with E-state index in [-0.39, 0.29) is 18.0 Å². The van der Waals surface area contributed by atoms with Crippen LogP contribution in [0.1, 0.15) is 21.6 Å². The first-order valence-electron chi connectivity index (χ1n) is 9.20. The van der Waals surface area contributed by atoms with Crippen LogP contribution in [0.15, 0.2) is 30.7 Å². The highest BCUT2D eigenvalue weighted by atomic mass is 19.2. The van der Waals surface area contributed by atoms with Crippen LogP contribution in [-0.2, 0) is 20.0 Å². The number of halogens is 3. The van der Waals surface area contributed by atoms with Crippen LogP contribution in [0.25, 0.3) is 22.2 Å². The number of rotatable bonds is 2. The molecule has 0 aliphatic carbocycles. The third-order valence-electron chi connectivity index (χ3n) is 5.33. The van der Waals surface area contributed by atoms with E-state index in [1.54, 1.807) is 24.3 Å². The molecule has 152 valence electrons. The highest BCUT2D eigenvalue weighted by Crippen LogP contribution is 2.32. The number of aromatic nitrogens is 5. The Hall–Kier alpha value is -3.69. The molecule has 1 N–H and O–H groups in total. The van der Waals surface area contributed by atoms with E-state index in [1.165, 1.54) is 10.9 Å². The monoisotopic (exact) mass is 412 g/mol. The Kier molecular flexibility index (Phi) is 4.09. The number of H-pyrrole nitrogens is 1. The zero-order chi connectivity index (χ0) is 21.0. The molecule has 0 saturated heterocycles. The molecule has 0 atom stereocenters. The maximum absolute atomic E-state index is 13.7. The fraction of sp³-hybridized carbons (Fsp3) is 0.200. The Morgan fingerprint density at radius 1 is 1.13 bits per heavy atom. The van der Waals surface area contributed by atoms with Crippen molar-refractivity contribution in [2.45, 2.75) is 13.0 Å². The van der Waals surface area contributed by atoms with Gasteiger partial charge in [0.15, 0.2) is 17.5 Å². The summed E-state index contributed by atoms with van der Waals surface area (Å²) in [4.78, 5) is 18.8. The van der Waals surface area contributed by atoms with Crippen LogP contribution in [0.5, 0.6) is 0 Å². The topological polar surface area (TPSA) is 79.7 Å². The second-order valence-corrected chi connectivity index (χ2v) is 7.15. The summed E-state index contributed by atoms with van der Waals surface area (Å²) in [5.74, 6) is -4.23. The van der Waals surface area contributed by atoms with Crippen LogP contribution < -0.4 is 0 Å². The zero-order valence-electron chi connectivity index (χ0n) is 15.8. The lowest BCUT2D eigenvalue weighted by atomic mass is 9.99. The van der Waals surface area contributed by atoms with E-state index in [9.17, 15) is 18.0 Å². The van der Waals surface area contributed by atoms with Crippen molar-refractivity contribution >= 4 is 16.8 Å². The molecule has 30 heavy (non-hydrogen) atoms. The van der Waals surface area contributed by atoms with Gasteiger partial charge in [-0.1, -0.05) is 0 Å². The van der Waals surface area contributed by atoms with Gasteiger partial charge in [-0.2, -0.15) is 10.2 Å². The van der Waals surface area contributed by atoms with Crippen molar-refractivity contribution in [3.63, 3.8) is 0 Å². The number of fused-ring (bicyclic) bond motifs is 2. The lowest BCUT2D eigenvalue weighted by Gasteiger charge is -2.26. The summed E-state index contributed by atoms with van der Waals surface area (Å²) in [5, 5.41) is 11.9. The molecule has 1 aliphatic heterocycles. The normalized spacial score (nSPS) is 13.7. The van der Waals surface area contributed by atoms with Crippen LogP contribution >= 0.6 is 0 Å². The number of aryl methyl sites for hydroxylation is 1. The van der Waals surface area contributed by atoms with Crippen molar-refractivity contribution in [3.05, 3.63) is 65.0 Å². The Morgan fingerprint density at radius 2 is 1.90 bits per heavy atom. The number of pyridine rings is 1. The summed E-state index contributed by atoms with van der Waals surface area (Å²) < 4.78 is 42.3. The van der Waals surface area contributed by atoms with Crippen LogP contribution in [0.3, 0.4) is 0 Å². The smallest absolute Gasteiger partial charge is 0.257 e. The standard InChI is InChI=1S/C20H15F3N6O/c1-28-19(10-4-14(21)17(23)15(22)5-10)12-2-3-29(9-16(12)27-28)20(30)13-8-24-6-11-7-25-26-18(11)13/h4-8H,2-3,9H2,1H3,(H,25,26). The molecule has 0 radical (unpaired) electrons. The van der Waals surface area contributed by atoms with E-state index in [1.807, 2.05) is 0 Å². The maximum Gasteiger partial charge on any atom is 0.257 e. The molecule has 3 aromatic heterocycles. The van der Waals surface area contributed by atoms with Crippen molar-refractivity contribution < 1.29 is 18.0 Å². The van der Waals surface area contributed by atoms with Gasteiger partial charge in [0.25, 0.3) is 5.91 Å². The molecular weight excluding hydrogens is 397 g/mol. The molecule has 1 aromatic carbocycles. The molecule has 4 aromatic rings. The van der Waals surface area contributed by atoms with E-state index in [0.29, 0.717) is 35.4 Å². The fourth-order valence-corrected chi connectivity index (χ4v) is 3.94. The molecule has 1 amide bonds. The first kappa shape index (κ1) is 18.3. The van der Waals surface area contributed by atoms with Gasteiger partial charge in [0.1, 0.15) is 0 Å². The van der Waals surface area contributed by atoms with Crippen molar-refractivity contribution in [3.8, 4) is 11.3 Å². The summed E-state index contributed by atoms with van der Waals surface area (Å²) in [7, 11) is 1.65. The number of hydrogen-bond acceptors (Lipinski definition) is 4. The number of nitrogens with zero attached hydrogens (tertiary/aromatic N) is 5. The molecule has 5 rings (SSSR count). The molecule has 0 unspecified atom stereocenters. The SMILES string of the molecule is Cn1nc2c(c1-c1cc(F)c(F)c(F)c1)CCN(C(=O)c1cncc3cn[nH]c13)C2. The number of carbonyl (C=O) groups excluding carboxylic acids is 1. The van der Waals surface area contributed by atoms with Gasteiger partial charge < -0.3 is 4.90 Å². The first-order valence-corrected chi connectivity index (χ1v) is 9.20. The number of hydrogen-bond donors (Lipinski definition) is 1. The van der Waals surface area contributed by atoms with Crippen LogP contribution in [0.2, 0.25) is 0 Å². The number of amides is 1. The quantitative estimate of drug-likeness (QED) is 0.514. The van der Waals surface area contributed by atoms with E-state index in [0.717, 1.165) is 23.1 Å². The third kappa shape index (κ3) is 2.75. The number of carbonyl (C=O) groups is 1. The summed E-state index contributed by atoms with van der Waals surface area (Å²) >= 11 is 0. The van der Waals surface area contributed by atoms with Crippen molar-refractivity contribution in [1.29, 1.82) is 0 Å². The predicted octanol–water partition coefficient (Wildman–Crippen LogP) is 2.97. The van der Waals surface area contributed by atoms with Gasteiger partial charge in [-0.3, -0.25) is 19.6 Å². The molecule has 1 aliphatic rings. The van der Waals surface area contributed by atoms with E-state index in [4.69, 9.17) is 0 Å². The molecule has 0 bridgehead atoms. The summed E-state index contributed by atoms with van der Waals surface area (Å²) in [5.41, 5.74) is 3.14. The van der Waals surface area contributed by atoms with E-state index < -0.39 is 17.5 Å². The summed E-state index contributed by atoms with van der Waals surface area (Å²) in [6.45, 7) is 0.625. The van der Waals surface area contributed by atoms with Gasteiger partial charge >= 0.3 is 0 Å². The van der Waals surface area contributed by atoms with Gasteiger partial charge in [0.2, 0.25) is 0 Å². The Balaban J connectivity index is 1.49. The zero-order valence-corrected chi connectivity index (χ0v) is 15.8. The molecule has 0 spiro atoms. The van der Waals surface area contributed by atoms with Crippen molar-refractivity contribution in [2.75, 3.05) is 6.54 Å². The molecule has 0 fully saturated rings. The maximum atomic E-state index is 13.7. The molecule has 10 heteroatoms. The molecular formula is C20H15F3N6O. The van der Waals surface area contributed by atoms with E-state index >= 15 is 0 Å². The Bertz CT molecular complexity index is 1290. The number of benzene rings is 1. The fourth-order valence-electron chi connectivity index (χ4n) is 3.94. The molecule has 4 heterocycles. The Labute approximate surface area is 168 Å². The average Bonchev–Trinajstić information content (AvgIpc) is 3.33. The first-order chi connectivity index (χ1) is 14.4. The van der Waals surface area contributed by atoms with Gasteiger partial charge in [0.05, 0.1) is 35.2 Å². The number of nitrogens with one attached hydrogen (secondary N) is 1. The van der Waals surface area contributed by atoms with Crippen LogP contribution in [0, 0.1) is 17.5 Å². The van der Waals surface area contributed by atoms with Gasteiger partial charge in [0, 0.05) is 42.5 Å². The predicted molar refractivity (Wildman–Crippen MR) is 101 cm³/mol. The lowest BCUT2D eigenvalue weighted by molar-refractivity contribution is 0.0733.